The Morgan fingerprint density at radius 3 is 2.38 bits per heavy atom. The third kappa shape index (κ3) is 3.08. The predicted molar refractivity (Wildman–Crippen MR) is 101 cm³/mol. The first-order valence-electron chi connectivity index (χ1n) is 7.83. The van der Waals surface area contributed by atoms with Gasteiger partial charge in [0.1, 0.15) is 0 Å². The molecule has 4 nitrogen and oxygen atoms in total. The molecule has 0 aliphatic heterocycles. The number of aromatic amines is 1. The molecular weight excluding hydrogens is 316 g/mol. The molecule has 0 atom stereocenters. The SMILES string of the molecule is Cc1cc(C)c(C=Nn2c(-c3ccccc3C)n[nH]c2=S)c(C)c1. The van der Waals surface area contributed by atoms with Gasteiger partial charge < -0.3 is 0 Å². The molecule has 1 N–H and O–H groups in total. The topological polar surface area (TPSA) is 46.0 Å². The van der Waals surface area contributed by atoms with Crippen LogP contribution >= 0.6 is 12.2 Å². The Kier molecular flexibility index (Phi) is 4.44. The van der Waals surface area contributed by atoms with E-state index in [1.54, 1.807) is 4.68 Å². The van der Waals surface area contributed by atoms with Gasteiger partial charge in [-0.1, -0.05) is 42.0 Å². The van der Waals surface area contributed by atoms with E-state index in [-0.39, 0.29) is 0 Å². The summed E-state index contributed by atoms with van der Waals surface area (Å²) in [4.78, 5) is 0. The normalized spacial score (nSPS) is 11.3. The van der Waals surface area contributed by atoms with Crippen molar-refractivity contribution in [3.63, 3.8) is 0 Å². The van der Waals surface area contributed by atoms with Crippen LogP contribution in [0.15, 0.2) is 41.5 Å². The van der Waals surface area contributed by atoms with Crippen molar-refractivity contribution in [2.45, 2.75) is 27.7 Å². The fraction of sp³-hybridized carbons (Fsp3) is 0.211. The molecule has 122 valence electrons. The second-order valence-electron chi connectivity index (χ2n) is 6.04. The lowest BCUT2D eigenvalue weighted by molar-refractivity contribution is 0.870. The van der Waals surface area contributed by atoms with E-state index in [9.17, 15) is 0 Å². The Hall–Kier alpha value is -2.53. The zero-order chi connectivity index (χ0) is 17.3. The van der Waals surface area contributed by atoms with Crippen LogP contribution in [0, 0.1) is 32.5 Å². The lowest BCUT2D eigenvalue weighted by Gasteiger charge is -2.07. The van der Waals surface area contributed by atoms with Crippen molar-refractivity contribution in [3.8, 4) is 11.4 Å². The highest BCUT2D eigenvalue weighted by molar-refractivity contribution is 7.71. The highest BCUT2D eigenvalue weighted by Gasteiger charge is 2.10. The first-order chi connectivity index (χ1) is 11.5. The smallest absolute Gasteiger partial charge is 0.216 e. The molecule has 0 bridgehead atoms. The van der Waals surface area contributed by atoms with Crippen molar-refractivity contribution in [1.82, 2.24) is 14.9 Å². The fourth-order valence-electron chi connectivity index (χ4n) is 2.91. The van der Waals surface area contributed by atoms with Gasteiger partial charge in [-0.3, -0.25) is 0 Å². The van der Waals surface area contributed by atoms with E-state index in [0.29, 0.717) is 4.77 Å². The zero-order valence-corrected chi connectivity index (χ0v) is 15.1. The van der Waals surface area contributed by atoms with E-state index in [0.717, 1.165) is 22.5 Å². The number of rotatable bonds is 3. The number of nitrogens with one attached hydrogen (secondary N) is 1. The first-order valence-corrected chi connectivity index (χ1v) is 8.24. The standard InChI is InChI=1S/C19H20N4S/c1-12-9-14(3)17(15(4)10-12)11-20-23-18(21-22-19(23)24)16-8-6-5-7-13(16)2/h5-11H,1-4H3,(H,22,24). The third-order valence-electron chi connectivity index (χ3n) is 4.08. The molecule has 0 fully saturated rings. The summed E-state index contributed by atoms with van der Waals surface area (Å²) in [5.74, 6) is 0.719. The van der Waals surface area contributed by atoms with Crippen LogP contribution < -0.4 is 0 Å². The van der Waals surface area contributed by atoms with E-state index >= 15 is 0 Å². The maximum Gasteiger partial charge on any atom is 0.216 e. The minimum atomic E-state index is 0.479. The van der Waals surface area contributed by atoms with E-state index in [2.05, 4.69) is 61.2 Å². The van der Waals surface area contributed by atoms with Gasteiger partial charge in [0.25, 0.3) is 0 Å². The van der Waals surface area contributed by atoms with Crippen LogP contribution in [-0.2, 0) is 0 Å². The van der Waals surface area contributed by atoms with Crippen LogP contribution in [0.5, 0.6) is 0 Å². The largest absolute Gasteiger partial charge is 0.250 e. The molecule has 0 amide bonds. The van der Waals surface area contributed by atoms with Crippen molar-refractivity contribution in [2.75, 3.05) is 0 Å². The van der Waals surface area contributed by atoms with Crippen LogP contribution in [0.3, 0.4) is 0 Å². The van der Waals surface area contributed by atoms with Gasteiger partial charge in [-0.25, -0.2) is 5.10 Å². The Labute approximate surface area is 146 Å². The van der Waals surface area contributed by atoms with E-state index < -0.39 is 0 Å². The number of aryl methyl sites for hydroxylation is 4. The fourth-order valence-corrected chi connectivity index (χ4v) is 3.09. The van der Waals surface area contributed by atoms with Gasteiger partial charge in [0.05, 0.1) is 6.21 Å². The van der Waals surface area contributed by atoms with Crippen molar-refractivity contribution >= 4 is 18.4 Å². The lowest BCUT2D eigenvalue weighted by atomic mass is 10.0. The predicted octanol–water partition coefficient (Wildman–Crippen LogP) is 4.72. The quantitative estimate of drug-likeness (QED) is 0.555. The Morgan fingerprint density at radius 1 is 1.04 bits per heavy atom. The van der Waals surface area contributed by atoms with Crippen molar-refractivity contribution in [2.24, 2.45) is 5.10 Å². The van der Waals surface area contributed by atoms with Crippen molar-refractivity contribution in [3.05, 3.63) is 69.0 Å². The molecule has 0 radical (unpaired) electrons. The van der Waals surface area contributed by atoms with Crippen LogP contribution in [0.2, 0.25) is 0 Å². The maximum absolute atomic E-state index is 5.35. The van der Waals surface area contributed by atoms with E-state index in [4.69, 9.17) is 12.2 Å². The van der Waals surface area contributed by atoms with Crippen LogP contribution in [-0.4, -0.2) is 21.1 Å². The summed E-state index contributed by atoms with van der Waals surface area (Å²) < 4.78 is 2.16. The van der Waals surface area contributed by atoms with Crippen LogP contribution in [0.25, 0.3) is 11.4 Å². The summed E-state index contributed by atoms with van der Waals surface area (Å²) in [5, 5.41) is 11.8. The van der Waals surface area contributed by atoms with Crippen molar-refractivity contribution < 1.29 is 0 Å². The molecular formula is C19H20N4S. The molecule has 5 heteroatoms. The number of benzene rings is 2. The molecule has 24 heavy (non-hydrogen) atoms. The van der Waals surface area contributed by atoms with Gasteiger partial charge >= 0.3 is 0 Å². The van der Waals surface area contributed by atoms with Crippen LogP contribution in [0.1, 0.15) is 27.8 Å². The lowest BCUT2D eigenvalue weighted by Crippen LogP contribution is -1.99. The van der Waals surface area contributed by atoms with Gasteiger partial charge in [0, 0.05) is 11.1 Å². The van der Waals surface area contributed by atoms with Gasteiger partial charge in [0.15, 0.2) is 5.82 Å². The maximum atomic E-state index is 5.35. The summed E-state index contributed by atoms with van der Waals surface area (Å²) in [6, 6.07) is 12.4. The average Bonchev–Trinajstić information content (AvgIpc) is 2.88. The number of nitrogens with zero attached hydrogens (tertiary/aromatic N) is 3. The van der Waals surface area contributed by atoms with Gasteiger partial charge in [-0.2, -0.15) is 14.9 Å². The molecule has 0 spiro atoms. The molecule has 0 unspecified atom stereocenters. The second-order valence-corrected chi connectivity index (χ2v) is 6.42. The molecule has 3 rings (SSSR count). The number of hydrogen-bond donors (Lipinski definition) is 1. The highest BCUT2D eigenvalue weighted by atomic mass is 32.1. The highest BCUT2D eigenvalue weighted by Crippen LogP contribution is 2.21. The zero-order valence-electron chi connectivity index (χ0n) is 14.3. The number of aromatic nitrogens is 3. The Morgan fingerprint density at radius 2 is 1.71 bits per heavy atom. The van der Waals surface area contributed by atoms with Crippen molar-refractivity contribution in [1.29, 1.82) is 0 Å². The molecule has 0 saturated carbocycles. The molecule has 3 aromatic rings. The first kappa shape index (κ1) is 16.3. The summed E-state index contributed by atoms with van der Waals surface area (Å²) in [5.41, 5.74) is 6.90. The second kappa shape index (κ2) is 6.53. The minimum absolute atomic E-state index is 0.479. The third-order valence-corrected chi connectivity index (χ3v) is 4.34. The Bertz CT molecular complexity index is 956. The average molecular weight is 336 g/mol. The molecule has 0 aliphatic rings. The summed E-state index contributed by atoms with van der Waals surface area (Å²) >= 11 is 5.35. The van der Waals surface area contributed by atoms with Gasteiger partial charge in [-0.15, -0.1) is 0 Å². The van der Waals surface area contributed by atoms with Crippen LogP contribution in [0.4, 0.5) is 0 Å². The molecule has 0 saturated heterocycles. The van der Waals surface area contributed by atoms with Gasteiger partial charge in [0.2, 0.25) is 4.77 Å². The monoisotopic (exact) mass is 336 g/mol. The van der Waals surface area contributed by atoms with Gasteiger partial charge in [-0.05, 0) is 56.6 Å². The Balaban J connectivity index is 2.08. The molecule has 0 aliphatic carbocycles. The molecule has 1 aromatic heterocycles. The minimum Gasteiger partial charge on any atom is -0.250 e. The molecule has 1 heterocycles. The number of H-pyrrole nitrogens is 1. The summed E-state index contributed by atoms with van der Waals surface area (Å²) in [6.07, 6.45) is 1.86. The summed E-state index contributed by atoms with van der Waals surface area (Å²) in [7, 11) is 0. The number of hydrogen-bond acceptors (Lipinski definition) is 3. The van der Waals surface area contributed by atoms with E-state index in [1.165, 1.54) is 16.7 Å². The summed E-state index contributed by atoms with van der Waals surface area (Å²) in [6.45, 7) is 8.34. The van der Waals surface area contributed by atoms with E-state index in [1.807, 2.05) is 24.4 Å². The molecule has 2 aromatic carbocycles.